The van der Waals surface area contributed by atoms with Gasteiger partial charge in [0.05, 0.1) is 0 Å². The highest BCUT2D eigenvalue weighted by Gasteiger charge is 2.77. The van der Waals surface area contributed by atoms with E-state index in [9.17, 15) is 26.3 Å². The molecule has 0 spiro atoms. The van der Waals surface area contributed by atoms with Crippen molar-refractivity contribution in [3.63, 3.8) is 0 Å². The van der Waals surface area contributed by atoms with E-state index in [1.165, 1.54) is 6.92 Å². The van der Waals surface area contributed by atoms with Crippen LogP contribution < -0.4 is 0 Å². The minimum Gasteiger partial charge on any atom is -0.372 e. The molecule has 136 valence electrons. The average molecular weight is 356 g/mol. The van der Waals surface area contributed by atoms with Crippen LogP contribution in [0, 0.1) is 0 Å². The molecule has 0 fully saturated rings. The van der Waals surface area contributed by atoms with Gasteiger partial charge in [0, 0.05) is 14.7 Å². The Hall–Kier alpha value is -0.283. The lowest BCUT2D eigenvalue weighted by molar-refractivity contribution is -0.412. The predicted molar refractivity (Wildman–Crippen MR) is 76.6 cm³/mol. The van der Waals surface area contributed by atoms with Crippen LogP contribution in [0.15, 0.2) is 0 Å². The van der Waals surface area contributed by atoms with Crippen molar-refractivity contribution in [2.75, 3.05) is 6.61 Å². The number of aliphatic hydroxyl groups is 1. The summed E-state index contributed by atoms with van der Waals surface area (Å²) < 4.78 is 79.3. The molecule has 1 N–H and O–H groups in total. The van der Waals surface area contributed by atoms with E-state index in [1.54, 1.807) is 0 Å². The summed E-state index contributed by atoms with van der Waals surface area (Å²) in [7, 11) is -0.611. The van der Waals surface area contributed by atoms with Gasteiger partial charge in [0.25, 0.3) is 5.60 Å². The largest absolute Gasteiger partial charge is 0.429 e. The first-order chi connectivity index (χ1) is 9.31. The maximum absolute atomic E-state index is 12.5. The van der Waals surface area contributed by atoms with Gasteiger partial charge in [0.2, 0.25) is 0 Å². The summed E-state index contributed by atoms with van der Waals surface area (Å²) in [5.74, 6) is 0. The van der Waals surface area contributed by atoms with Crippen LogP contribution in [-0.2, 0) is 4.74 Å². The summed E-state index contributed by atoms with van der Waals surface area (Å²) in [5.41, 5.74) is -7.72. The molecule has 0 aromatic carbocycles. The van der Waals surface area contributed by atoms with E-state index < -0.39 is 31.6 Å². The minimum absolute atomic E-state index is 0.231. The first kappa shape index (κ1) is 24.0. The lowest BCUT2D eigenvalue weighted by Crippen LogP contribution is -2.69. The molecule has 0 rings (SSSR count). The summed E-state index contributed by atoms with van der Waals surface area (Å²) in [4.78, 5) is 0. The highest BCUT2D eigenvalue weighted by Crippen LogP contribution is 2.50. The van der Waals surface area contributed by atoms with Crippen LogP contribution in [0.25, 0.3) is 0 Å². The second-order valence-electron chi connectivity index (χ2n) is 7.06. The van der Waals surface area contributed by atoms with Crippen LogP contribution in [0.5, 0.6) is 0 Å². The molecule has 0 radical (unpaired) electrons. The number of ether oxygens (including phenoxy) is 1. The van der Waals surface area contributed by atoms with Crippen molar-refractivity contribution in [1.29, 1.82) is 0 Å². The van der Waals surface area contributed by atoms with Gasteiger partial charge in [-0.15, -0.1) is 0 Å². The summed E-state index contributed by atoms with van der Waals surface area (Å²) in [6.07, 6.45) is -11.5. The molecule has 0 amide bonds. The van der Waals surface area contributed by atoms with Gasteiger partial charge in [0.15, 0.2) is 0 Å². The second-order valence-corrected chi connectivity index (χ2v) is 13.1. The molecule has 0 aliphatic heterocycles. The molecule has 0 aliphatic carbocycles. The Morgan fingerprint density at radius 3 is 1.32 bits per heavy atom. The SMILES string of the molecule is CCCOC(C)(C)C(O)(C(F)(F)F)C(F)(F)F.C[Si](C)(C)C. The second kappa shape index (κ2) is 7.52. The number of hydrogen-bond acceptors (Lipinski definition) is 2. The van der Waals surface area contributed by atoms with Gasteiger partial charge in [-0.05, 0) is 20.3 Å². The van der Waals surface area contributed by atoms with E-state index in [4.69, 9.17) is 5.11 Å². The van der Waals surface area contributed by atoms with Gasteiger partial charge < -0.3 is 9.84 Å². The fraction of sp³-hybridized carbons (Fsp3) is 1.00. The molecule has 0 atom stereocenters. The van der Waals surface area contributed by atoms with E-state index in [2.05, 4.69) is 30.9 Å². The van der Waals surface area contributed by atoms with Crippen molar-refractivity contribution in [3.8, 4) is 0 Å². The zero-order valence-electron chi connectivity index (χ0n) is 14.0. The van der Waals surface area contributed by atoms with Crippen LogP contribution >= 0.6 is 0 Å². The molecule has 0 unspecified atom stereocenters. The van der Waals surface area contributed by atoms with E-state index in [0.717, 1.165) is 0 Å². The summed E-state index contributed by atoms with van der Waals surface area (Å²) >= 11 is 0. The molecule has 0 aromatic rings. The Bertz CT molecular complexity index is 311. The predicted octanol–water partition coefficient (Wildman–Crippen LogP) is 5.00. The molecular weight excluding hydrogens is 330 g/mol. The summed E-state index contributed by atoms with van der Waals surface area (Å²) in [6.45, 7) is 11.6. The molecule has 0 aliphatic rings. The monoisotopic (exact) mass is 356 g/mol. The third-order valence-electron chi connectivity index (χ3n) is 2.36. The smallest absolute Gasteiger partial charge is 0.372 e. The van der Waals surface area contributed by atoms with Crippen LogP contribution in [-0.4, -0.2) is 43.3 Å². The molecule has 0 heterocycles. The van der Waals surface area contributed by atoms with Gasteiger partial charge in [-0.2, -0.15) is 26.3 Å². The number of rotatable bonds is 4. The van der Waals surface area contributed by atoms with Crippen molar-refractivity contribution in [3.05, 3.63) is 0 Å². The molecule has 9 heteroatoms. The normalized spacial score (nSPS) is 14.5. The molecule has 0 bridgehead atoms. The third kappa shape index (κ3) is 6.87. The fourth-order valence-electron chi connectivity index (χ4n) is 1.31. The molecular formula is C13H26F6O2Si. The number of hydrogen-bond donors (Lipinski definition) is 1. The van der Waals surface area contributed by atoms with Gasteiger partial charge in [0.1, 0.15) is 5.60 Å². The molecule has 0 saturated carbocycles. The maximum Gasteiger partial charge on any atom is 0.429 e. The number of halogens is 6. The van der Waals surface area contributed by atoms with E-state index in [0.29, 0.717) is 13.8 Å². The van der Waals surface area contributed by atoms with Crippen LogP contribution in [0.3, 0.4) is 0 Å². The zero-order valence-corrected chi connectivity index (χ0v) is 15.0. The maximum atomic E-state index is 12.5. The Morgan fingerprint density at radius 2 is 1.14 bits per heavy atom. The Kier molecular flexibility index (Phi) is 8.20. The minimum atomic E-state index is -5.87. The summed E-state index contributed by atoms with van der Waals surface area (Å²) in [5, 5.41) is 9.06. The van der Waals surface area contributed by atoms with E-state index in [-0.39, 0.29) is 13.0 Å². The lowest BCUT2D eigenvalue weighted by Gasteiger charge is -2.43. The Balaban J connectivity index is 0. The van der Waals surface area contributed by atoms with Gasteiger partial charge in [-0.25, -0.2) is 0 Å². The van der Waals surface area contributed by atoms with Crippen LogP contribution in [0.1, 0.15) is 27.2 Å². The van der Waals surface area contributed by atoms with E-state index in [1.807, 2.05) is 0 Å². The lowest BCUT2D eigenvalue weighted by atomic mass is 9.84. The Morgan fingerprint density at radius 1 is 0.864 bits per heavy atom. The van der Waals surface area contributed by atoms with Gasteiger partial charge in [-0.1, -0.05) is 33.1 Å². The van der Waals surface area contributed by atoms with Gasteiger partial charge >= 0.3 is 12.4 Å². The van der Waals surface area contributed by atoms with Crippen molar-refractivity contribution in [2.45, 2.75) is 76.9 Å². The van der Waals surface area contributed by atoms with E-state index >= 15 is 0 Å². The first-order valence-corrected chi connectivity index (χ1v) is 10.8. The fourth-order valence-corrected chi connectivity index (χ4v) is 1.31. The highest BCUT2D eigenvalue weighted by molar-refractivity contribution is 6.74. The quantitative estimate of drug-likeness (QED) is 0.567. The summed E-state index contributed by atoms with van der Waals surface area (Å²) in [6, 6.07) is 0. The van der Waals surface area contributed by atoms with Crippen molar-refractivity contribution in [1.82, 2.24) is 0 Å². The average Bonchev–Trinajstić information content (AvgIpc) is 2.19. The van der Waals surface area contributed by atoms with Crippen molar-refractivity contribution in [2.24, 2.45) is 0 Å². The van der Waals surface area contributed by atoms with Crippen LogP contribution in [0.4, 0.5) is 26.3 Å². The van der Waals surface area contributed by atoms with Gasteiger partial charge in [-0.3, -0.25) is 0 Å². The highest BCUT2D eigenvalue weighted by atomic mass is 28.3. The van der Waals surface area contributed by atoms with Crippen LogP contribution in [0.2, 0.25) is 26.2 Å². The zero-order chi connectivity index (χ0) is 18.6. The number of alkyl halides is 6. The molecule has 22 heavy (non-hydrogen) atoms. The first-order valence-electron chi connectivity index (χ1n) is 6.81. The molecule has 0 saturated heterocycles. The molecule has 2 nitrogen and oxygen atoms in total. The standard InChI is InChI=1S/C9H14F6O2.C4H12Si/c1-4-5-17-6(2,3)7(16,8(10,11)12)9(13,14)15;1-5(2,3)4/h16H,4-5H2,1-3H3;1-4H3. The Labute approximate surface area is 128 Å². The third-order valence-corrected chi connectivity index (χ3v) is 2.36. The molecule has 0 aromatic heterocycles. The van der Waals surface area contributed by atoms with Crippen molar-refractivity contribution < 1.29 is 36.2 Å². The van der Waals surface area contributed by atoms with Crippen molar-refractivity contribution >= 4 is 8.07 Å². The topological polar surface area (TPSA) is 29.5 Å².